The Balaban J connectivity index is 3.12. The zero-order valence-electron chi connectivity index (χ0n) is 18.0. The van der Waals surface area contributed by atoms with Gasteiger partial charge in [0.15, 0.2) is 0 Å². The van der Waals surface area contributed by atoms with Crippen LogP contribution in [0.25, 0.3) is 0 Å². The van der Waals surface area contributed by atoms with Crippen molar-refractivity contribution in [3.05, 3.63) is 0 Å². The summed E-state index contributed by atoms with van der Waals surface area (Å²) >= 11 is 0. The first-order valence-electron chi connectivity index (χ1n) is 11.7. The molecule has 0 saturated heterocycles. The molecule has 0 rings (SSSR count). The molecule has 0 spiro atoms. The fourth-order valence-corrected chi connectivity index (χ4v) is 3.38. The van der Waals surface area contributed by atoms with Crippen LogP contribution in [0.1, 0.15) is 124 Å². The molecule has 0 aromatic carbocycles. The SMILES string of the molecule is CCCCCCCCCCNCC(C)NCCCCCCCCCC. The van der Waals surface area contributed by atoms with Gasteiger partial charge in [-0.05, 0) is 32.9 Å². The van der Waals surface area contributed by atoms with Crippen molar-refractivity contribution in [1.82, 2.24) is 10.6 Å². The summed E-state index contributed by atoms with van der Waals surface area (Å²) in [7, 11) is 0. The van der Waals surface area contributed by atoms with Crippen LogP contribution >= 0.6 is 0 Å². The highest BCUT2D eigenvalue weighted by atomic mass is 15.0. The second-order valence-electron chi connectivity index (χ2n) is 8.01. The third-order valence-corrected chi connectivity index (χ3v) is 5.18. The minimum absolute atomic E-state index is 0.610. The smallest absolute Gasteiger partial charge is 0.0164 e. The molecule has 0 aromatic heterocycles. The largest absolute Gasteiger partial charge is 0.315 e. The molecule has 0 aliphatic heterocycles. The third-order valence-electron chi connectivity index (χ3n) is 5.18. The van der Waals surface area contributed by atoms with Crippen molar-refractivity contribution in [3.8, 4) is 0 Å². The van der Waals surface area contributed by atoms with Crippen LogP contribution in [0, 0.1) is 0 Å². The van der Waals surface area contributed by atoms with Crippen LogP contribution in [0.4, 0.5) is 0 Å². The molecule has 0 aromatic rings. The zero-order valence-corrected chi connectivity index (χ0v) is 18.0. The summed E-state index contributed by atoms with van der Waals surface area (Å²) in [5.41, 5.74) is 0. The van der Waals surface area contributed by atoms with Gasteiger partial charge in [0.2, 0.25) is 0 Å². The molecule has 0 aliphatic carbocycles. The molecular weight excluding hydrogens is 304 g/mol. The summed E-state index contributed by atoms with van der Waals surface area (Å²) in [5.74, 6) is 0. The van der Waals surface area contributed by atoms with E-state index in [-0.39, 0.29) is 0 Å². The Bertz CT molecular complexity index is 230. The Morgan fingerprint density at radius 3 is 1.40 bits per heavy atom. The molecule has 0 bridgehead atoms. The van der Waals surface area contributed by atoms with Crippen molar-refractivity contribution in [2.24, 2.45) is 0 Å². The lowest BCUT2D eigenvalue weighted by molar-refractivity contribution is 0.474. The van der Waals surface area contributed by atoms with Crippen LogP contribution in [0.5, 0.6) is 0 Å². The summed E-state index contributed by atoms with van der Waals surface area (Å²) < 4.78 is 0. The van der Waals surface area contributed by atoms with E-state index in [1.165, 1.54) is 116 Å². The third kappa shape index (κ3) is 21.9. The molecule has 2 heteroatoms. The molecule has 1 atom stereocenters. The van der Waals surface area contributed by atoms with Crippen LogP contribution in [0.15, 0.2) is 0 Å². The minimum atomic E-state index is 0.610. The normalized spacial score (nSPS) is 12.6. The molecule has 0 radical (unpaired) electrons. The molecule has 152 valence electrons. The molecule has 1 unspecified atom stereocenters. The first kappa shape index (κ1) is 24.9. The molecule has 2 N–H and O–H groups in total. The van der Waals surface area contributed by atoms with Gasteiger partial charge in [-0.1, -0.05) is 104 Å². The number of rotatable bonds is 21. The van der Waals surface area contributed by atoms with E-state index in [2.05, 4.69) is 31.4 Å². The van der Waals surface area contributed by atoms with Crippen LogP contribution in [0.3, 0.4) is 0 Å². The Labute approximate surface area is 160 Å². The van der Waals surface area contributed by atoms with Crippen LogP contribution in [0.2, 0.25) is 0 Å². The van der Waals surface area contributed by atoms with Gasteiger partial charge in [-0.15, -0.1) is 0 Å². The van der Waals surface area contributed by atoms with Crippen molar-refractivity contribution >= 4 is 0 Å². The van der Waals surface area contributed by atoms with Gasteiger partial charge < -0.3 is 10.6 Å². The standard InChI is InChI=1S/C23H50N2/c1-4-6-8-10-12-14-16-18-20-24-22-23(3)25-21-19-17-15-13-11-9-7-5-2/h23-25H,4-22H2,1-3H3. The van der Waals surface area contributed by atoms with Gasteiger partial charge in [-0.3, -0.25) is 0 Å². The lowest BCUT2D eigenvalue weighted by atomic mass is 10.1. The molecule has 25 heavy (non-hydrogen) atoms. The Hall–Kier alpha value is -0.0800. The maximum Gasteiger partial charge on any atom is 0.0164 e. The van der Waals surface area contributed by atoms with Gasteiger partial charge in [0.25, 0.3) is 0 Å². The van der Waals surface area contributed by atoms with Gasteiger partial charge in [-0.25, -0.2) is 0 Å². The minimum Gasteiger partial charge on any atom is -0.315 e. The monoisotopic (exact) mass is 354 g/mol. The Kier molecular flexibility index (Phi) is 21.9. The highest BCUT2D eigenvalue weighted by molar-refractivity contribution is 4.64. The second kappa shape index (κ2) is 22.0. The predicted octanol–water partition coefficient (Wildman–Crippen LogP) is 6.84. The van der Waals surface area contributed by atoms with E-state index in [1.807, 2.05) is 0 Å². The molecule has 0 aliphatic rings. The van der Waals surface area contributed by atoms with E-state index in [9.17, 15) is 0 Å². The van der Waals surface area contributed by atoms with Gasteiger partial charge in [0.1, 0.15) is 0 Å². The fraction of sp³-hybridized carbons (Fsp3) is 1.00. The van der Waals surface area contributed by atoms with Crippen molar-refractivity contribution in [2.45, 2.75) is 130 Å². The van der Waals surface area contributed by atoms with Gasteiger partial charge in [0, 0.05) is 12.6 Å². The van der Waals surface area contributed by atoms with Crippen molar-refractivity contribution in [2.75, 3.05) is 19.6 Å². The van der Waals surface area contributed by atoms with E-state index >= 15 is 0 Å². The lowest BCUT2D eigenvalue weighted by Crippen LogP contribution is -2.37. The quantitative estimate of drug-likeness (QED) is 0.221. The van der Waals surface area contributed by atoms with Gasteiger partial charge in [0.05, 0.1) is 0 Å². The second-order valence-corrected chi connectivity index (χ2v) is 8.01. The van der Waals surface area contributed by atoms with Crippen LogP contribution in [-0.2, 0) is 0 Å². The van der Waals surface area contributed by atoms with Crippen molar-refractivity contribution in [1.29, 1.82) is 0 Å². The van der Waals surface area contributed by atoms with Crippen LogP contribution < -0.4 is 10.6 Å². The fourth-order valence-electron chi connectivity index (χ4n) is 3.38. The molecule has 0 amide bonds. The highest BCUT2D eigenvalue weighted by Crippen LogP contribution is 2.08. The van der Waals surface area contributed by atoms with E-state index in [1.54, 1.807) is 0 Å². The van der Waals surface area contributed by atoms with Gasteiger partial charge in [-0.2, -0.15) is 0 Å². The summed E-state index contributed by atoms with van der Waals surface area (Å²) in [4.78, 5) is 0. The number of nitrogens with one attached hydrogen (secondary N) is 2. The Morgan fingerprint density at radius 1 is 0.520 bits per heavy atom. The van der Waals surface area contributed by atoms with Crippen molar-refractivity contribution in [3.63, 3.8) is 0 Å². The van der Waals surface area contributed by atoms with Crippen molar-refractivity contribution < 1.29 is 0 Å². The Morgan fingerprint density at radius 2 is 0.920 bits per heavy atom. The molecular formula is C23H50N2. The summed E-state index contributed by atoms with van der Waals surface area (Å²) in [5, 5.41) is 7.28. The number of hydrogen-bond donors (Lipinski definition) is 2. The molecule has 0 saturated carbocycles. The highest BCUT2D eigenvalue weighted by Gasteiger charge is 2.00. The number of hydrogen-bond acceptors (Lipinski definition) is 2. The van der Waals surface area contributed by atoms with E-state index < -0.39 is 0 Å². The lowest BCUT2D eigenvalue weighted by Gasteiger charge is -2.14. The van der Waals surface area contributed by atoms with E-state index in [0.717, 1.165) is 6.54 Å². The average molecular weight is 355 g/mol. The molecule has 2 nitrogen and oxygen atoms in total. The van der Waals surface area contributed by atoms with E-state index in [0.29, 0.717) is 6.04 Å². The molecule has 0 heterocycles. The zero-order chi connectivity index (χ0) is 18.4. The summed E-state index contributed by atoms with van der Waals surface area (Å²) in [6.07, 6.45) is 22.6. The number of unbranched alkanes of at least 4 members (excludes halogenated alkanes) is 14. The van der Waals surface area contributed by atoms with E-state index in [4.69, 9.17) is 0 Å². The first-order valence-corrected chi connectivity index (χ1v) is 11.7. The maximum atomic E-state index is 3.66. The summed E-state index contributed by atoms with van der Waals surface area (Å²) in [6, 6.07) is 0.610. The predicted molar refractivity (Wildman–Crippen MR) is 116 cm³/mol. The maximum absolute atomic E-state index is 3.66. The first-order chi connectivity index (χ1) is 12.3. The van der Waals surface area contributed by atoms with Crippen LogP contribution in [-0.4, -0.2) is 25.7 Å². The topological polar surface area (TPSA) is 24.1 Å². The van der Waals surface area contributed by atoms with Gasteiger partial charge >= 0.3 is 0 Å². The molecule has 0 fully saturated rings. The summed E-state index contributed by atoms with van der Waals surface area (Å²) in [6.45, 7) is 10.4. The average Bonchev–Trinajstić information content (AvgIpc) is 2.62.